The summed E-state index contributed by atoms with van der Waals surface area (Å²) in [5.41, 5.74) is 18.0. The van der Waals surface area contributed by atoms with Crippen LogP contribution in [-0.2, 0) is 0 Å². The Morgan fingerprint density at radius 2 is 1.72 bits per heavy atom. The molecule has 0 atom stereocenters. The Morgan fingerprint density at radius 1 is 1.04 bits per heavy atom. The van der Waals surface area contributed by atoms with Gasteiger partial charge in [0.25, 0.3) is 5.91 Å². The zero-order valence-electron chi connectivity index (χ0n) is 13.7. The summed E-state index contributed by atoms with van der Waals surface area (Å²) in [4.78, 5) is 13.8. The molecule has 126 valence electrons. The molecule has 2 aromatic carbocycles. The lowest BCUT2D eigenvalue weighted by molar-refractivity contribution is 0.0959. The molecular formula is C19H18N4OS. The normalized spacial score (nSPS) is 11.3. The van der Waals surface area contributed by atoms with Crippen LogP contribution >= 0.6 is 11.3 Å². The fourth-order valence-corrected chi connectivity index (χ4v) is 3.28. The third-order valence-corrected chi connectivity index (χ3v) is 4.88. The number of carbonyl (C=O) groups excluding carboxylic acids is 1. The van der Waals surface area contributed by atoms with Crippen molar-refractivity contribution in [3.05, 3.63) is 71.1 Å². The van der Waals surface area contributed by atoms with Crippen molar-refractivity contribution in [3.8, 4) is 10.4 Å². The molecule has 25 heavy (non-hydrogen) atoms. The Morgan fingerprint density at radius 3 is 2.40 bits per heavy atom. The fourth-order valence-electron chi connectivity index (χ4n) is 2.30. The number of amides is 1. The van der Waals surface area contributed by atoms with E-state index in [1.165, 1.54) is 11.3 Å². The molecule has 0 unspecified atom stereocenters. The number of hydrazone groups is 1. The first-order chi connectivity index (χ1) is 12.0. The molecule has 0 aliphatic carbocycles. The van der Waals surface area contributed by atoms with Gasteiger partial charge in [-0.1, -0.05) is 42.5 Å². The van der Waals surface area contributed by atoms with Crippen molar-refractivity contribution in [2.75, 3.05) is 11.5 Å². The minimum Gasteiger partial charge on any atom is -0.399 e. The molecule has 0 radical (unpaired) electrons. The first-order valence-electron chi connectivity index (χ1n) is 7.70. The number of hydrogen-bond acceptors (Lipinski definition) is 5. The van der Waals surface area contributed by atoms with Crippen molar-refractivity contribution in [1.82, 2.24) is 5.43 Å². The van der Waals surface area contributed by atoms with Gasteiger partial charge < -0.3 is 11.5 Å². The molecule has 0 aliphatic heterocycles. The van der Waals surface area contributed by atoms with Gasteiger partial charge in [-0.2, -0.15) is 5.10 Å². The molecule has 0 aliphatic rings. The van der Waals surface area contributed by atoms with Crippen LogP contribution in [0.5, 0.6) is 0 Å². The van der Waals surface area contributed by atoms with E-state index in [0.717, 1.165) is 16.0 Å². The Hall–Kier alpha value is -3.12. The van der Waals surface area contributed by atoms with E-state index in [2.05, 4.69) is 10.5 Å². The second kappa shape index (κ2) is 7.19. The zero-order chi connectivity index (χ0) is 17.8. The predicted octanol–water partition coefficient (Wildman–Crippen LogP) is 3.73. The largest absolute Gasteiger partial charge is 0.399 e. The molecule has 0 fully saturated rings. The number of carbonyl (C=O) groups is 1. The third-order valence-electron chi connectivity index (χ3n) is 3.68. The average molecular weight is 350 g/mol. The maximum atomic E-state index is 12.4. The number of nitrogens with zero attached hydrogens (tertiary/aromatic N) is 1. The minimum absolute atomic E-state index is 0.320. The van der Waals surface area contributed by atoms with Gasteiger partial charge in [0.05, 0.1) is 11.4 Å². The summed E-state index contributed by atoms with van der Waals surface area (Å²) < 4.78 is 0. The maximum Gasteiger partial charge on any atom is 0.283 e. The Balaban J connectivity index is 1.76. The minimum atomic E-state index is -0.320. The standard InChI is InChI=1S/C19H18N4OS/c1-12(13-7-9-15(20)10-8-13)22-23-19(24)18-16(21)11-17(25-18)14-5-3-2-4-6-14/h2-11H,20-21H2,1H3,(H,23,24)/b22-12-. The van der Waals surface area contributed by atoms with E-state index >= 15 is 0 Å². The van der Waals surface area contributed by atoms with E-state index in [1.54, 1.807) is 12.1 Å². The summed E-state index contributed by atoms with van der Waals surface area (Å²) in [6.45, 7) is 1.82. The quantitative estimate of drug-likeness (QED) is 0.380. The predicted molar refractivity (Wildman–Crippen MR) is 105 cm³/mol. The second-order valence-electron chi connectivity index (χ2n) is 5.52. The number of nitrogens with one attached hydrogen (secondary N) is 1. The van der Waals surface area contributed by atoms with Gasteiger partial charge in [0.15, 0.2) is 0 Å². The highest BCUT2D eigenvalue weighted by Gasteiger charge is 2.15. The van der Waals surface area contributed by atoms with Crippen molar-refractivity contribution in [3.63, 3.8) is 0 Å². The molecule has 3 rings (SSSR count). The first-order valence-corrected chi connectivity index (χ1v) is 8.51. The average Bonchev–Trinajstić information content (AvgIpc) is 3.02. The number of nitrogens with two attached hydrogens (primary N) is 2. The summed E-state index contributed by atoms with van der Waals surface area (Å²) >= 11 is 1.35. The van der Waals surface area contributed by atoms with Crippen LogP contribution in [-0.4, -0.2) is 11.6 Å². The molecule has 3 aromatic rings. The lowest BCUT2D eigenvalue weighted by atomic mass is 10.1. The van der Waals surface area contributed by atoms with Crippen LogP contribution in [0, 0.1) is 0 Å². The van der Waals surface area contributed by atoms with Gasteiger partial charge in [0, 0.05) is 10.6 Å². The lowest BCUT2D eigenvalue weighted by Crippen LogP contribution is -2.19. The second-order valence-corrected chi connectivity index (χ2v) is 6.57. The Labute approximate surface area is 150 Å². The van der Waals surface area contributed by atoms with E-state index < -0.39 is 0 Å². The zero-order valence-corrected chi connectivity index (χ0v) is 14.5. The van der Waals surface area contributed by atoms with Crippen LogP contribution in [0.2, 0.25) is 0 Å². The van der Waals surface area contributed by atoms with E-state index in [1.807, 2.05) is 55.5 Å². The highest BCUT2D eigenvalue weighted by molar-refractivity contribution is 7.18. The summed E-state index contributed by atoms with van der Waals surface area (Å²) in [6, 6.07) is 18.9. The van der Waals surface area contributed by atoms with Crippen molar-refractivity contribution in [2.45, 2.75) is 6.92 Å². The van der Waals surface area contributed by atoms with Gasteiger partial charge in [-0.15, -0.1) is 11.3 Å². The molecular weight excluding hydrogens is 332 g/mol. The van der Waals surface area contributed by atoms with Crippen molar-refractivity contribution >= 4 is 34.3 Å². The SMILES string of the molecule is C/C(=N/NC(=O)c1sc(-c2ccccc2)cc1N)c1ccc(N)cc1. The Kier molecular flexibility index (Phi) is 4.81. The molecule has 5 nitrogen and oxygen atoms in total. The molecule has 5 N–H and O–H groups in total. The number of nitrogen functional groups attached to an aromatic ring is 2. The summed E-state index contributed by atoms with van der Waals surface area (Å²) in [7, 11) is 0. The van der Waals surface area contributed by atoms with Gasteiger partial charge >= 0.3 is 0 Å². The van der Waals surface area contributed by atoms with E-state index in [9.17, 15) is 4.79 Å². The highest BCUT2D eigenvalue weighted by Crippen LogP contribution is 2.32. The smallest absolute Gasteiger partial charge is 0.283 e. The van der Waals surface area contributed by atoms with Crippen LogP contribution < -0.4 is 16.9 Å². The van der Waals surface area contributed by atoms with Crippen LogP contribution in [0.4, 0.5) is 11.4 Å². The fraction of sp³-hybridized carbons (Fsp3) is 0.0526. The molecule has 6 heteroatoms. The van der Waals surface area contributed by atoms with Crippen LogP contribution in [0.3, 0.4) is 0 Å². The molecule has 1 amide bonds. The number of thiophene rings is 1. The summed E-state index contributed by atoms with van der Waals surface area (Å²) in [5.74, 6) is -0.320. The van der Waals surface area contributed by atoms with Crippen LogP contribution in [0.25, 0.3) is 10.4 Å². The molecule has 0 saturated carbocycles. The van der Waals surface area contributed by atoms with Gasteiger partial charge in [-0.25, -0.2) is 5.43 Å². The first kappa shape index (κ1) is 16.7. The van der Waals surface area contributed by atoms with Crippen molar-refractivity contribution < 1.29 is 4.79 Å². The molecule has 0 bridgehead atoms. The van der Waals surface area contributed by atoms with E-state index in [0.29, 0.717) is 22.0 Å². The van der Waals surface area contributed by atoms with Gasteiger partial charge in [0.1, 0.15) is 4.88 Å². The highest BCUT2D eigenvalue weighted by atomic mass is 32.1. The monoisotopic (exact) mass is 350 g/mol. The molecule has 0 spiro atoms. The number of rotatable bonds is 4. The number of anilines is 2. The van der Waals surface area contributed by atoms with Crippen molar-refractivity contribution in [2.24, 2.45) is 5.10 Å². The molecule has 1 aromatic heterocycles. The van der Waals surface area contributed by atoms with Crippen molar-refractivity contribution in [1.29, 1.82) is 0 Å². The molecule has 0 saturated heterocycles. The topological polar surface area (TPSA) is 93.5 Å². The summed E-state index contributed by atoms with van der Waals surface area (Å²) in [6.07, 6.45) is 0. The summed E-state index contributed by atoms with van der Waals surface area (Å²) in [5, 5.41) is 4.15. The van der Waals surface area contributed by atoms with Gasteiger partial charge in [-0.05, 0) is 36.2 Å². The lowest BCUT2D eigenvalue weighted by Gasteiger charge is -2.03. The molecule has 1 heterocycles. The Bertz CT molecular complexity index is 914. The van der Waals surface area contributed by atoms with Crippen LogP contribution in [0.15, 0.2) is 65.8 Å². The van der Waals surface area contributed by atoms with E-state index in [4.69, 9.17) is 11.5 Å². The number of benzene rings is 2. The van der Waals surface area contributed by atoms with Gasteiger partial charge in [-0.3, -0.25) is 4.79 Å². The van der Waals surface area contributed by atoms with Gasteiger partial charge in [0.2, 0.25) is 0 Å². The maximum absolute atomic E-state index is 12.4. The third kappa shape index (κ3) is 3.87. The van der Waals surface area contributed by atoms with Crippen LogP contribution in [0.1, 0.15) is 22.2 Å². The number of hydrogen-bond donors (Lipinski definition) is 3. The van der Waals surface area contributed by atoms with E-state index in [-0.39, 0.29) is 5.91 Å².